The van der Waals surface area contributed by atoms with Crippen LogP contribution in [0, 0.1) is 12.8 Å². The second-order valence-corrected chi connectivity index (χ2v) is 10.1. The summed E-state index contributed by atoms with van der Waals surface area (Å²) in [5.41, 5.74) is 1.95. The Hall–Kier alpha value is -1.49. The quantitative estimate of drug-likeness (QED) is 0.748. The largest absolute Gasteiger partial charge is 0.342 e. The maximum absolute atomic E-state index is 13.1. The highest BCUT2D eigenvalue weighted by atomic mass is 32.2. The van der Waals surface area contributed by atoms with Crippen molar-refractivity contribution in [1.82, 2.24) is 9.80 Å². The summed E-state index contributed by atoms with van der Waals surface area (Å²) in [5, 5.41) is 0. The van der Waals surface area contributed by atoms with Crippen molar-refractivity contribution in [3.05, 3.63) is 35.4 Å². The molecule has 0 aromatic heterocycles. The minimum atomic E-state index is -0.121. The van der Waals surface area contributed by atoms with E-state index in [1.54, 1.807) is 0 Å². The summed E-state index contributed by atoms with van der Waals surface area (Å²) >= 11 is 1.91. The van der Waals surface area contributed by atoms with E-state index < -0.39 is 0 Å². The van der Waals surface area contributed by atoms with Crippen molar-refractivity contribution in [3.8, 4) is 0 Å². The summed E-state index contributed by atoms with van der Waals surface area (Å²) < 4.78 is 0. The average Bonchev–Trinajstić information content (AvgIpc) is 3.37. The van der Waals surface area contributed by atoms with Gasteiger partial charge in [0.05, 0.1) is 4.87 Å². The van der Waals surface area contributed by atoms with Crippen LogP contribution >= 0.6 is 11.8 Å². The standard InChI is InChI=1S/C23H32N2O2S/c1-18-6-9-20(10-7-18)22(27)25-16-17-28-23(25)12-14-24(15-13-23)21(26)11-8-19-4-2-3-5-19/h6-7,9-10,19H,2-5,8,11-17H2,1H3. The van der Waals surface area contributed by atoms with Crippen molar-refractivity contribution in [1.29, 1.82) is 0 Å². The Balaban J connectivity index is 1.34. The third-order valence-corrected chi connectivity index (χ3v) is 8.41. The molecule has 2 amide bonds. The lowest BCUT2D eigenvalue weighted by Crippen LogP contribution is -2.53. The zero-order valence-corrected chi connectivity index (χ0v) is 17.8. The molecule has 0 bridgehead atoms. The number of hydrogen-bond acceptors (Lipinski definition) is 3. The fourth-order valence-electron chi connectivity index (χ4n) is 5.05. The molecule has 0 unspecified atom stereocenters. The van der Waals surface area contributed by atoms with Crippen LogP contribution in [0.2, 0.25) is 0 Å². The van der Waals surface area contributed by atoms with Gasteiger partial charge in [-0.05, 0) is 44.2 Å². The van der Waals surface area contributed by atoms with Gasteiger partial charge in [-0.1, -0.05) is 43.4 Å². The average molecular weight is 401 g/mol. The van der Waals surface area contributed by atoms with Crippen LogP contribution in [-0.2, 0) is 4.79 Å². The first-order valence-electron chi connectivity index (χ1n) is 10.9. The van der Waals surface area contributed by atoms with E-state index in [0.717, 1.165) is 56.1 Å². The Morgan fingerprint density at radius 1 is 1.07 bits per heavy atom. The molecule has 1 saturated carbocycles. The van der Waals surface area contributed by atoms with Gasteiger partial charge in [0.2, 0.25) is 5.91 Å². The number of benzene rings is 1. The molecule has 2 saturated heterocycles. The van der Waals surface area contributed by atoms with E-state index in [1.165, 1.54) is 31.2 Å². The Morgan fingerprint density at radius 3 is 2.43 bits per heavy atom. The van der Waals surface area contributed by atoms with E-state index >= 15 is 0 Å². The number of rotatable bonds is 4. The highest BCUT2D eigenvalue weighted by Crippen LogP contribution is 2.44. The van der Waals surface area contributed by atoms with Gasteiger partial charge >= 0.3 is 0 Å². The molecule has 2 aliphatic heterocycles. The number of likely N-dealkylation sites (tertiary alicyclic amines) is 1. The van der Waals surface area contributed by atoms with Crippen molar-refractivity contribution in [2.45, 2.75) is 63.2 Å². The molecule has 0 atom stereocenters. The number of aryl methyl sites for hydroxylation is 1. The smallest absolute Gasteiger partial charge is 0.254 e. The molecule has 3 fully saturated rings. The van der Waals surface area contributed by atoms with E-state index in [-0.39, 0.29) is 10.8 Å². The molecule has 4 nitrogen and oxygen atoms in total. The molecule has 3 aliphatic rings. The van der Waals surface area contributed by atoms with Crippen molar-refractivity contribution in [2.75, 3.05) is 25.4 Å². The lowest BCUT2D eigenvalue weighted by molar-refractivity contribution is -0.133. The second kappa shape index (κ2) is 8.48. The van der Waals surface area contributed by atoms with Crippen LogP contribution in [0.5, 0.6) is 0 Å². The minimum absolute atomic E-state index is 0.121. The van der Waals surface area contributed by atoms with E-state index in [9.17, 15) is 9.59 Å². The van der Waals surface area contributed by atoms with Crippen molar-refractivity contribution in [2.24, 2.45) is 5.92 Å². The highest BCUT2D eigenvalue weighted by Gasteiger charge is 2.47. The summed E-state index contributed by atoms with van der Waals surface area (Å²) in [5.74, 6) is 2.23. The number of amides is 2. The maximum atomic E-state index is 13.1. The molecule has 152 valence electrons. The van der Waals surface area contributed by atoms with E-state index in [4.69, 9.17) is 0 Å². The van der Waals surface area contributed by atoms with E-state index in [2.05, 4.69) is 4.90 Å². The summed E-state index contributed by atoms with van der Waals surface area (Å²) in [4.78, 5) is 29.8. The normalized spacial score (nSPS) is 22.2. The fourth-order valence-corrected chi connectivity index (χ4v) is 6.51. The molecule has 1 aromatic carbocycles. The van der Waals surface area contributed by atoms with Crippen LogP contribution in [-0.4, -0.2) is 51.9 Å². The summed E-state index contributed by atoms with van der Waals surface area (Å²) in [6.07, 6.45) is 8.85. The molecule has 2 heterocycles. The maximum Gasteiger partial charge on any atom is 0.254 e. The van der Waals surface area contributed by atoms with Gasteiger partial charge in [0.15, 0.2) is 0 Å². The van der Waals surface area contributed by atoms with Gasteiger partial charge in [-0.25, -0.2) is 0 Å². The summed E-state index contributed by atoms with van der Waals surface area (Å²) in [7, 11) is 0. The number of thioether (sulfide) groups is 1. The summed E-state index contributed by atoms with van der Waals surface area (Å²) in [6, 6.07) is 7.90. The molecular formula is C23H32N2O2S. The van der Waals surface area contributed by atoms with Gasteiger partial charge in [-0.15, -0.1) is 11.8 Å². The predicted octanol–water partition coefficient (Wildman–Crippen LogP) is 4.47. The van der Waals surface area contributed by atoms with Gasteiger partial charge in [0, 0.05) is 37.4 Å². The molecular weight excluding hydrogens is 368 g/mol. The predicted molar refractivity (Wildman–Crippen MR) is 114 cm³/mol. The van der Waals surface area contributed by atoms with Crippen LogP contribution in [0.3, 0.4) is 0 Å². The fraction of sp³-hybridized carbons (Fsp3) is 0.652. The highest BCUT2D eigenvalue weighted by molar-refractivity contribution is 8.00. The lowest BCUT2D eigenvalue weighted by Gasteiger charge is -2.44. The van der Waals surface area contributed by atoms with Crippen molar-refractivity contribution >= 4 is 23.6 Å². The number of carbonyl (C=O) groups is 2. The molecule has 0 radical (unpaired) electrons. The monoisotopic (exact) mass is 400 g/mol. The molecule has 1 aromatic rings. The van der Waals surface area contributed by atoms with Crippen LogP contribution in [0.1, 0.15) is 67.3 Å². The van der Waals surface area contributed by atoms with Gasteiger partial charge in [0.1, 0.15) is 0 Å². The Kier molecular flexibility index (Phi) is 6.00. The van der Waals surface area contributed by atoms with E-state index in [0.29, 0.717) is 12.3 Å². The molecule has 1 spiro atoms. The molecule has 28 heavy (non-hydrogen) atoms. The van der Waals surface area contributed by atoms with Gasteiger partial charge in [0.25, 0.3) is 5.91 Å². The number of nitrogens with zero attached hydrogens (tertiary/aromatic N) is 2. The van der Waals surface area contributed by atoms with Crippen molar-refractivity contribution in [3.63, 3.8) is 0 Å². The van der Waals surface area contributed by atoms with Crippen LogP contribution in [0.4, 0.5) is 0 Å². The van der Waals surface area contributed by atoms with Gasteiger partial charge in [-0.3, -0.25) is 9.59 Å². The van der Waals surface area contributed by atoms with Crippen molar-refractivity contribution < 1.29 is 9.59 Å². The third kappa shape index (κ3) is 4.10. The first-order valence-corrected chi connectivity index (χ1v) is 11.9. The number of carbonyl (C=O) groups excluding carboxylic acids is 2. The Bertz CT molecular complexity index is 704. The zero-order valence-electron chi connectivity index (χ0n) is 17.0. The Morgan fingerprint density at radius 2 is 1.75 bits per heavy atom. The third-order valence-electron chi connectivity index (χ3n) is 6.86. The van der Waals surface area contributed by atoms with E-state index in [1.807, 2.05) is 47.9 Å². The molecule has 0 N–H and O–H groups in total. The van der Waals surface area contributed by atoms with Gasteiger partial charge < -0.3 is 9.80 Å². The summed E-state index contributed by atoms with van der Waals surface area (Å²) in [6.45, 7) is 4.43. The second-order valence-electron chi connectivity index (χ2n) is 8.69. The molecule has 4 rings (SSSR count). The van der Waals surface area contributed by atoms with Gasteiger partial charge in [-0.2, -0.15) is 0 Å². The molecule has 1 aliphatic carbocycles. The topological polar surface area (TPSA) is 40.6 Å². The zero-order chi connectivity index (χ0) is 19.6. The lowest BCUT2D eigenvalue weighted by atomic mass is 9.98. The van der Waals surface area contributed by atoms with Crippen LogP contribution in [0.25, 0.3) is 0 Å². The minimum Gasteiger partial charge on any atom is -0.342 e. The first kappa shape index (κ1) is 19.8. The van der Waals surface area contributed by atoms with Crippen LogP contribution in [0.15, 0.2) is 24.3 Å². The number of hydrogen-bond donors (Lipinski definition) is 0. The van der Waals surface area contributed by atoms with Crippen LogP contribution < -0.4 is 0 Å². The first-order chi connectivity index (χ1) is 13.6. The SMILES string of the molecule is Cc1ccc(C(=O)N2CCSC23CCN(C(=O)CCC2CCCC2)CC3)cc1. The molecule has 5 heteroatoms. The Labute approximate surface area is 173 Å². The number of piperidine rings is 1.